The average Bonchev–Trinajstić information content (AvgIpc) is 3.26. The second-order valence-corrected chi connectivity index (χ2v) is 7.68. The predicted octanol–water partition coefficient (Wildman–Crippen LogP) is 4.56. The largest absolute Gasteiger partial charge is 0.257 e. The summed E-state index contributed by atoms with van der Waals surface area (Å²) in [6, 6.07) is 13.7. The van der Waals surface area contributed by atoms with Gasteiger partial charge < -0.3 is 0 Å². The number of benzene rings is 1. The minimum Gasteiger partial charge on any atom is -0.257 e. The Kier molecular flexibility index (Phi) is 2.61. The number of aromatic nitrogens is 1. The molecule has 0 saturated heterocycles. The Bertz CT molecular complexity index is 702. The zero-order chi connectivity index (χ0) is 14.7. The molecule has 1 saturated carbocycles. The van der Waals surface area contributed by atoms with Crippen LogP contribution < -0.4 is 0 Å². The van der Waals surface area contributed by atoms with Gasteiger partial charge in [0.15, 0.2) is 0 Å². The molecule has 0 atom stereocenters. The molecule has 1 aromatic carbocycles. The summed E-state index contributed by atoms with van der Waals surface area (Å²) in [4.78, 5) is 5.06. The molecule has 1 fully saturated rings. The number of pyridine rings is 1. The van der Waals surface area contributed by atoms with E-state index in [0.717, 1.165) is 12.8 Å². The zero-order valence-electron chi connectivity index (χ0n) is 13.2. The molecular formula is C20H23N. The number of aryl methyl sites for hydroxylation is 2. The van der Waals surface area contributed by atoms with Gasteiger partial charge in [0.2, 0.25) is 0 Å². The maximum atomic E-state index is 5.06. The fourth-order valence-electron chi connectivity index (χ4n) is 3.81. The van der Waals surface area contributed by atoms with Gasteiger partial charge in [-0.25, -0.2) is 0 Å². The molecule has 4 rings (SSSR count). The maximum Gasteiger partial charge on any atom is 0.0460 e. The SMILES string of the molecule is CC(C)(C)c1ccc2c(n1)CCc1ccccc1C21CC1. The third-order valence-corrected chi connectivity index (χ3v) is 5.17. The van der Waals surface area contributed by atoms with Crippen molar-refractivity contribution in [2.45, 2.75) is 57.3 Å². The summed E-state index contributed by atoms with van der Waals surface area (Å²) >= 11 is 0. The fraction of sp³-hybridized carbons (Fsp3) is 0.450. The monoisotopic (exact) mass is 277 g/mol. The van der Waals surface area contributed by atoms with Crippen molar-refractivity contribution in [1.29, 1.82) is 0 Å². The fourth-order valence-corrected chi connectivity index (χ4v) is 3.81. The van der Waals surface area contributed by atoms with E-state index in [2.05, 4.69) is 57.2 Å². The van der Waals surface area contributed by atoms with Crippen LogP contribution in [0.1, 0.15) is 61.7 Å². The molecule has 1 nitrogen and oxygen atoms in total. The van der Waals surface area contributed by atoms with E-state index in [4.69, 9.17) is 4.98 Å². The summed E-state index contributed by atoms with van der Waals surface area (Å²) in [6.07, 6.45) is 4.78. The molecule has 108 valence electrons. The molecule has 21 heavy (non-hydrogen) atoms. The smallest absolute Gasteiger partial charge is 0.0460 e. The molecule has 0 bridgehead atoms. The van der Waals surface area contributed by atoms with Crippen LogP contribution in [-0.4, -0.2) is 4.98 Å². The highest BCUT2D eigenvalue weighted by atomic mass is 14.8. The summed E-state index contributed by atoms with van der Waals surface area (Å²) in [5.74, 6) is 0. The van der Waals surface area contributed by atoms with E-state index in [1.54, 1.807) is 5.56 Å². The van der Waals surface area contributed by atoms with Crippen LogP contribution in [0.5, 0.6) is 0 Å². The highest BCUT2D eigenvalue weighted by Crippen LogP contribution is 2.56. The molecule has 1 heterocycles. The summed E-state index contributed by atoms with van der Waals surface area (Å²) in [5.41, 5.74) is 7.58. The first-order valence-electron chi connectivity index (χ1n) is 8.10. The molecule has 1 spiro atoms. The molecule has 1 aromatic heterocycles. The molecule has 0 unspecified atom stereocenters. The number of rotatable bonds is 0. The molecule has 2 aliphatic carbocycles. The van der Waals surface area contributed by atoms with E-state index in [-0.39, 0.29) is 10.8 Å². The van der Waals surface area contributed by atoms with Gasteiger partial charge in [-0.3, -0.25) is 4.98 Å². The second-order valence-electron chi connectivity index (χ2n) is 7.68. The molecule has 0 amide bonds. The van der Waals surface area contributed by atoms with Gasteiger partial charge in [-0.15, -0.1) is 0 Å². The van der Waals surface area contributed by atoms with E-state index >= 15 is 0 Å². The lowest BCUT2D eigenvalue weighted by Crippen LogP contribution is -2.17. The van der Waals surface area contributed by atoms with E-state index < -0.39 is 0 Å². The van der Waals surface area contributed by atoms with Crippen molar-refractivity contribution in [3.63, 3.8) is 0 Å². The summed E-state index contributed by atoms with van der Waals surface area (Å²) < 4.78 is 0. The van der Waals surface area contributed by atoms with Gasteiger partial charge in [-0.05, 0) is 48.4 Å². The Balaban J connectivity index is 1.89. The predicted molar refractivity (Wildman–Crippen MR) is 86.8 cm³/mol. The van der Waals surface area contributed by atoms with E-state index in [1.165, 1.54) is 35.4 Å². The standard InChI is InChI=1S/C20H23N/c1-19(2,3)18-11-9-16-17(21-18)10-8-14-6-4-5-7-15(14)20(16)12-13-20/h4-7,9,11H,8,10,12-13H2,1-3H3. The number of hydrogen-bond donors (Lipinski definition) is 0. The first-order valence-corrected chi connectivity index (χ1v) is 8.10. The van der Waals surface area contributed by atoms with Crippen LogP contribution in [0, 0.1) is 0 Å². The van der Waals surface area contributed by atoms with Gasteiger partial charge in [0.1, 0.15) is 0 Å². The van der Waals surface area contributed by atoms with Gasteiger partial charge in [0.25, 0.3) is 0 Å². The van der Waals surface area contributed by atoms with Crippen LogP contribution in [0.3, 0.4) is 0 Å². The highest BCUT2D eigenvalue weighted by Gasteiger charge is 2.49. The van der Waals surface area contributed by atoms with Crippen molar-refractivity contribution in [2.75, 3.05) is 0 Å². The molecule has 2 aromatic rings. The first kappa shape index (κ1) is 13.1. The van der Waals surface area contributed by atoms with Crippen LogP contribution >= 0.6 is 0 Å². The number of nitrogens with zero attached hydrogens (tertiary/aromatic N) is 1. The third kappa shape index (κ3) is 1.94. The quantitative estimate of drug-likeness (QED) is 0.688. The van der Waals surface area contributed by atoms with Crippen LogP contribution in [0.25, 0.3) is 0 Å². The average molecular weight is 277 g/mol. The zero-order valence-corrected chi connectivity index (χ0v) is 13.2. The van der Waals surface area contributed by atoms with Crippen LogP contribution in [-0.2, 0) is 23.7 Å². The van der Waals surface area contributed by atoms with E-state index in [9.17, 15) is 0 Å². The van der Waals surface area contributed by atoms with Gasteiger partial charge in [-0.1, -0.05) is 51.1 Å². The van der Waals surface area contributed by atoms with Crippen molar-refractivity contribution < 1.29 is 0 Å². The lowest BCUT2D eigenvalue weighted by Gasteiger charge is -2.22. The summed E-state index contributed by atoms with van der Waals surface area (Å²) in [7, 11) is 0. The third-order valence-electron chi connectivity index (χ3n) is 5.17. The van der Waals surface area contributed by atoms with Gasteiger partial charge in [0.05, 0.1) is 0 Å². The molecule has 0 radical (unpaired) electrons. The van der Waals surface area contributed by atoms with Crippen molar-refractivity contribution in [3.05, 3.63) is 64.5 Å². The summed E-state index contributed by atoms with van der Waals surface area (Å²) in [5, 5.41) is 0. The lowest BCUT2D eigenvalue weighted by atomic mass is 9.84. The van der Waals surface area contributed by atoms with Crippen LogP contribution in [0.4, 0.5) is 0 Å². The normalized spacial score (nSPS) is 18.8. The Labute approximate surface area is 127 Å². The topological polar surface area (TPSA) is 12.9 Å². The number of fused-ring (bicyclic) bond motifs is 4. The minimum atomic E-state index is 0.130. The van der Waals surface area contributed by atoms with Crippen molar-refractivity contribution in [3.8, 4) is 0 Å². The van der Waals surface area contributed by atoms with E-state index in [0.29, 0.717) is 0 Å². The second kappa shape index (κ2) is 4.19. The number of hydrogen-bond acceptors (Lipinski definition) is 1. The Morgan fingerprint density at radius 2 is 1.67 bits per heavy atom. The minimum absolute atomic E-state index is 0.130. The maximum absolute atomic E-state index is 5.06. The molecule has 2 aliphatic rings. The Morgan fingerprint density at radius 3 is 2.38 bits per heavy atom. The Hall–Kier alpha value is -1.63. The lowest BCUT2D eigenvalue weighted by molar-refractivity contribution is 0.563. The molecule has 0 N–H and O–H groups in total. The Morgan fingerprint density at radius 1 is 0.905 bits per heavy atom. The van der Waals surface area contributed by atoms with E-state index in [1.807, 2.05) is 0 Å². The van der Waals surface area contributed by atoms with Gasteiger partial charge in [-0.2, -0.15) is 0 Å². The summed E-state index contributed by atoms with van der Waals surface area (Å²) in [6.45, 7) is 6.75. The van der Waals surface area contributed by atoms with Gasteiger partial charge in [0, 0.05) is 22.2 Å². The van der Waals surface area contributed by atoms with Crippen LogP contribution in [0.15, 0.2) is 36.4 Å². The van der Waals surface area contributed by atoms with Crippen molar-refractivity contribution >= 4 is 0 Å². The highest BCUT2D eigenvalue weighted by molar-refractivity contribution is 5.52. The molecule has 0 aliphatic heterocycles. The van der Waals surface area contributed by atoms with Crippen molar-refractivity contribution in [2.24, 2.45) is 0 Å². The van der Waals surface area contributed by atoms with Gasteiger partial charge >= 0.3 is 0 Å². The van der Waals surface area contributed by atoms with Crippen molar-refractivity contribution in [1.82, 2.24) is 4.98 Å². The van der Waals surface area contributed by atoms with Crippen LogP contribution in [0.2, 0.25) is 0 Å². The molecule has 1 heteroatoms. The first-order chi connectivity index (χ1) is 10.0. The molecular weight excluding hydrogens is 254 g/mol.